The molecule has 0 bridgehead atoms. The third-order valence-corrected chi connectivity index (χ3v) is 6.33. The second-order valence-corrected chi connectivity index (χ2v) is 8.68. The lowest BCUT2D eigenvalue weighted by Crippen LogP contribution is -2.29. The molecule has 0 spiro atoms. The highest BCUT2D eigenvalue weighted by atomic mass is 32.2. The minimum atomic E-state index is -0.750. The molecule has 1 aromatic heterocycles. The van der Waals surface area contributed by atoms with Gasteiger partial charge in [0, 0.05) is 18.5 Å². The highest BCUT2D eigenvalue weighted by molar-refractivity contribution is 8.03. The van der Waals surface area contributed by atoms with Gasteiger partial charge in [-0.25, -0.2) is 4.79 Å². The van der Waals surface area contributed by atoms with E-state index in [4.69, 9.17) is 13.9 Å². The first-order chi connectivity index (χ1) is 16.4. The van der Waals surface area contributed by atoms with Crippen LogP contribution in [-0.4, -0.2) is 38.0 Å². The van der Waals surface area contributed by atoms with Crippen molar-refractivity contribution in [3.05, 3.63) is 75.4 Å². The van der Waals surface area contributed by atoms with Crippen molar-refractivity contribution < 1.29 is 23.5 Å². The molecule has 1 amide bonds. The van der Waals surface area contributed by atoms with Gasteiger partial charge in [0.1, 0.15) is 12.4 Å². The molecule has 0 radical (unpaired) electrons. The number of amides is 1. The molecule has 1 aliphatic heterocycles. The van der Waals surface area contributed by atoms with Crippen molar-refractivity contribution in [2.24, 2.45) is 0 Å². The molecular weight excluding hydrogens is 454 g/mol. The average Bonchev–Trinajstić information content (AvgIpc) is 3.34. The molecule has 1 unspecified atom stereocenters. The number of methoxy groups -OCH3 is 1. The number of aryl methyl sites for hydroxylation is 2. The molecule has 3 rings (SSSR count). The number of para-hydroxylation sites is 1. The Kier molecular flexibility index (Phi) is 8.57. The third-order valence-electron chi connectivity index (χ3n) is 5.31. The number of allylic oxidation sites excluding steroid dienone is 2. The zero-order valence-corrected chi connectivity index (χ0v) is 20.4. The Morgan fingerprint density at radius 1 is 1.18 bits per heavy atom. The largest absolute Gasteiger partial charge is 0.468 e. The topological polar surface area (TPSA) is 114 Å². The molecular formula is C25H27N3O5S. The van der Waals surface area contributed by atoms with Gasteiger partial charge in [0.05, 0.1) is 46.8 Å². The summed E-state index contributed by atoms with van der Waals surface area (Å²) in [4.78, 5) is 25.6. The van der Waals surface area contributed by atoms with Crippen molar-refractivity contribution in [1.82, 2.24) is 5.32 Å². The van der Waals surface area contributed by atoms with Crippen LogP contribution in [0.2, 0.25) is 0 Å². The van der Waals surface area contributed by atoms with Gasteiger partial charge in [0.15, 0.2) is 0 Å². The van der Waals surface area contributed by atoms with Gasteiger partial charge in [0.2, 0.25) is 5.91 Å². The van der Waals surface area contributed by atoms with E-state index in [1.807, 2.05) is 32.0 Å². The Balaban J connectivity index is 1.83. The molecule has 178 valence electrons. The smallest absolute Gasteiger partial charge is 0.336 e. The number of nitriles is 1. The number of dihydropyridines is 1. The average molecular weight is 482 g/mol. The number of furan rings is 1. The van der Waals surface area contributed by atoms with Crippen molar-refractivity contribution in [2.45, 2.75) is 26.7 Å². The van der Waals surface area contributed by atoms with Gasteiger partial charge >= 0.3 is 5.97 Å². The molecule has 0 fully saturated rings. The van der Waals surface area contributed by atoms with E-state index in [9.17, 15) is 14.9 Å². The molecule has 34 heavy (non-hydrogen) atoms. The number of anilines is 1. The minimum Gasteiger partial charge on any atom is -0.468 e. The van der Waals surface area contributed by atoms with Crippen molar-refractivity contribution in [1.29, 1.82) is 5.26 Å². The highest BCUT2D eigenvalue weighted by Gasteiger charge is 2.37. The van der Waals surface area contributed by atoms with Gasteiger partial charge in [0.25, 0.3) is 0 Å². The Labute approximate surface area is 203 Å². The van der Waals surface area contributed by atoms with Crippen molar-refractivity contribution >= 4 is 29.3 Å². The lowest BCUT2D eigenvalue weighted by molar-refractivity contribution is -0.140. The number of nitrogens with one attached hydrogen (secondary N) is 2. The number of hydrogen-bond donors (Lipinski definition) is 2. The van der Waals surface area contributed by atoms with Crippen LogP contribution in [0, 0.1) is 25.2 Å². The van der Waals surface area contributed by atoms with Gasteiger partial charge in [-0.05, 0) is 44.0 Å². The lowest BCUT2D eigenvalue weighted by Gasteiger charge is -2.27. The zero-order valence-electron chi connectivity index (χ0n) is 19.6. The number of thioether (sulfide) groups is 1. The predicted molar refractivity (Wildman–Crippen MR) is 130 cm³/mol. The van der Waals surface area contributed by atoms with Crippen LogP contribution in [0.1, 0.15) is 29.7 Å². The van der Waals surface area contributed by atoms with E-state index < -0.39 is 11.9 Å². The fourth-order valence-corrected chi connectivity index (χ4v) is 4.55. The first kappa shape index (κ1) is 25.1. The van der Waals surface area contributed by atoms with Crippen LogP contribution in [0.5, 0.6) is 0 Å². The molecule has 2 aromatic rings. The molecule has 9 heteroatoms. The molecule has 1 aliphatic rings. The number of rotatable bonds is 9. The summed E-state index contributed by atoms with van der Waals surface area (Å²) in [5.41, 5.74) is 3.82. The SMILES string of the molecule is COCCOC(=O)C1=C(C)NC(SCC(=O)Nc2c(C)cccc2C)=C(C#N)C1c1ccco1. The van der Waals surface area contributed by atoms with Gasteiger partial charge in [-0.2, -0.15) is 5.26 Å². The van der Waals surface area contributed by atoms with Crippen LogP contribution < -0.4 is 10.6 Å². The fraction of sp³-hybridized carbons (Fsp3) is 0.320. The van der Waals surface area contributed by atoms with Crippen molar-refractivity contribution in [3.8, 4) is 6.07 Å². The first-order valence-electron chi connectivity index (χ1n) is 10.7. The molecule has 2 N–H and O–H groups in total. The number of ether oxygens (including phenoxy) is 2. The van der Waals surface area contributed by atoms with Gasteiger partial charge in [-0.15, -0.1) is 0 Å². The maximum absolute atomic E-state index is 12.9. The monoisotopic (exact) mass is 481 g/mol. The minimum absolute atomic E-state index is 0.0764. The summed E-state index contributed by atoms with van der Waals surface area (Å²) in [5, 5.41) is 16.6. The summed E-state index contributed by atoms with van der Waals surface area (Å²) in [5.74, 6) is -0.995. The number of hydrogen-bond acceptors (Lipinski definition) is 8. The van der Waals surface area contributed by atoms with Crippen LogP contribution >= 0.6 is 11.8 Å². The predicted octanol–water partition coefficient (Wildman–Crippen LogP) is 4.15. The molecule has 0 saturated heterocycles. The van der Waals surface area contributed by atoms with Gasteiger partial charge < -0.3 is 24.5 Å². The molecule has 0 aliphatic carbocycles. The van der Waals surface area contributed by atoms with E-state index in [1.54, 1.807) is 19.1 Å². The number of carbonyl (C=O) groups is 2. The second-order valence-electron chi connectivity index (χ2n) is 7.70. The van der Waals surface area contributed by atoms with Crippen molar-refractivity contribution in [3.63, 3.8) is 0 Å². The summed E-state index contributed by atoms with van der Waals surface area (Å²) >= 11 is 1.20. The third kappa shape index (κ3) is 5.71. The quantitative estimate of drug-likeness (QED) is 0.406. The second kappa shape index (κ2) is 11.6. The summed E-state index contributed by atoms with van der Waals surface area (Å²) < 4.78 is 15.8. The summed E-state index contributed by atoms with van der Waals surface area (Å²) in [6.45, 7) is 5.94. The molecule has 1 atom stereocenters. The van der Waals surface area contributed by atoms with Crippen LogP contribution in [0.3, 0.4) is 0 Å². The van der Waals surface area contributed by atoms with Crippen LogP contribution in [0.15, 0.2) is 62.9 Å². The van der Waals surface area contributed by atoms with E-state index in [-0.39, 0.29) is 36.0 Å². The van der Waals surface area contributed by atoms with E-state index in [0.29, 0.717) is 16.5 Å². The zero-order chi connectivity index (χ0) is 24.7. The van der Waals surface area contributed by atoms with Crippen LogP contribution in [0.4, 0.5) is 5.69 Å². The summed E-state index contributed by atoms with van der Waals surface area (Å²) in [6, 6.07) is 11.4. The van der Waals surface area contributed by atoms with Gasteiger partial charge in [-0.3, -0.25) is 4.79 Å². The van der Waals surface area contributed by atoms with E-state index in [1.165, 1.54) is 25.1 Å². The molecule has 0 saturated carbocycles. The Hall–Kier alpha value is -3.48. The fourth-order valence-electron chi connectivity index (χ4n) is 3.66. The van der Waals surface area contributed by atoms with Crippen LogP contribution in [0.25, 0.3) is 0 Å². The lowest BCUT2D eigenvalue weighted by atomic mass is 9.86. The standard InChI is InChI=1S/C25H27N3O5S/c1-15-7-5-8-16(2)23(15)28-20(29)14-34-24-18(13-26)22(19-9-6-10-32-19)21(17(3)27-24)25(30)33-12-11-31-4/h5-10,22,27H,11-12,14H2,1-4H3,(H,28,29). The van der Waals surface area contributed by atoms with E-state index in [2.05, 4.69) is 16.7 Å². The maximum atomic E-state index is 12.9. The summed E-state index contributed by atoms with van der Waals surface area (Å²) in [7, 11) is 1.52. The molecule has 2 heterocycles. The number of esters is 1. The Bertz CT molecular complexity index is 1140. The normalized spacial score (nSPS) is 15.6. The highest BCUT2D eigenvalue weighted by Crippen LogP contribution is 2.41. The molecule has 8 nitrogen and oxygen atoms in total. The van der Waals surface area contributed by atoms with E-state index in [0.717, 1.165) is 16.8 Å². The first-order valence-corrected chi connectivity index (χ1v) is 11.7. The van der Waals surface area contributed by atoms with Gasteiger partial charge in [-0.1, -0.05) is 30.0 Å². The summed E-state index contributed by atoms with van der Waals surface area (Å²) in [6.07, 6.45) is 1.49. The number of nitrogens with zero attached hydrogens (tertiary/aromatic N) is 1. The van der Waals surface area contributed by atoms with Crippen molar-refractivity contribution in [2.75, 3.05) is 31.4 Å². The maximum Gasteiger partial charge on any atom is 0.336 e. The molecule has 1 aromatic carbocycles. The Morgan fingerprint density at radius 3 is 2.53 bits per heavy atom. The number of benzene rings is 1. The Morgan fingerprint density at radius 2 is 1.91 bits per heavy atom. The van der Waals surface area contributed by atoms with E-state index >= 15 is 0 Å². The van der Waals surface area contributed by atoms with Crippen LogP contribution in [-0.2, 0) is 19.1 Å². The number of carbonyl (C=O) groups excluding carboxylic acids is 2.